The molecule has 0 aromatic heterocycles. The van der Waals surface area contributed by atoms with Gasteiger partial charge in [0.1, 0.15) is 5.75 Å². The maximum Gasteiger partial charge on any atom is 0.130 e. The van der Waals surface area contributed by atoms with Crippen molar-refractivity contribution in [2.45, 2.75) is 25.3 Å². The van der Waals surface area contributed by atoms with E-state index in [1.54, 1.807) is 6.07 Å². The first-order valence-electron chi connectivity index (χ1n) is 4.45. The van der Waals surface area contributed by atoms with Crippen molar-refractivity contribution < 1.29 is 5.11 Å². The minimum atomic E-state index is 0.0998. The van der Waals surface area contributed by atoms with E-state index in [4.69, 9.17) is 5.73 Å². The first kappa shape index (κ1) is 9.03. The summed E-state index contributed by atoms with van der Waals surface area (Å²) >= 11 is 3.30. The largest absolute Gasteiger partial charge is 0.507 e. The molecule has 1 atom stereocenters. The van der Waals surface area contributed by atoms with E-state index in [1.165, 1.54) is 5.56 Å². The summed E-state index contributed by atoms with van der Waals surface area (Å²) in [5.74, 6) is 0.288. The predicted octanol–water partition coefficient (Wildman–Crippen LogP) is 2.49. The van der Waals surface area contributed by atoms with Gasteiger partial charge in [0, 0.05) is 6.04 Å². The molecule has 0 saturated carbocycles. The molecule has 0 heterocycles. The van der Waals surface area contributed by atoms with Crippen LogP contribution in [0.5, 0.6) is 5.75 Å². The van der Waals surface area contributed by atoms with E-state index < -0.39 is 0 Å². The maximum absolute atomic E-state index is 9.49. The van der Waals surface area contributed by atoms with Gasteiger partial charge in [-0.05, 0) is 58.5 Å². The summed E-state index contributed by atoms with van der Waals surface area (Å²) in [4.78, 5) is 0. The smallest absolute Gasteiger partial charge is 0.130 e. The Balaban J connectivity index is 2.52. The van der Waals surface area contributed by atoms with Crippen LogP contribution in [0.2, 0.25) is 0 Å². The number of aryl methyl sites for hydroxylation is 1. The third kappa shape index (κ3) is 1.58. The van der Waals surface area contributed by atoms with Crippen LogP contribution >= 0.6 is 15.9 Å². The number of benzene rings is 1. The van der Waals surface area contributed by atoms with E-state index in [2.05, 4.69) is 15.9 Å². The molecule has 0 amide bonds. The average Bonchev–Trinajstić information content (AvgIpc) is 2.09. The predicted molar refractivity (Wildman–Crippen MR) is 55.7 cm³/mol. The van der Waals surface area contributed by atoms with E-state index in [0.717, 1.165) is 29.3 Å². The van der Waals surface area contributed by atoms with Gasteiger partial charge in [-0.2, -0.15) is 0 Å². The van der Waals surface area contributed by atoms with Crippen LogP contribution in [0, 0.1) is 0 Å². The summed E-state index contributed by atoms with van der Waals surface area (Å²) < 4.78 is 0.764. The Hall–Kier alpha value is -0.540. The van der Waals surface area contributed by atoms with Crippen LogP contribution in [-0.4, -0.2) is 5.11 Å². The zero-order valence-electron chi connectivity index (χ0n) is 7.26. The van der Waals surface area contributed by atoms with Crippen LogP contribution < -0.4 is 5.73 Å². The Morgan fingerprint density at radius 2 is 2.23 bits per heavy atom. The SMILES string of the molecule is N[C@H]1CCCc2cc(Br)c(O)cc21. The number of rotatable bonds is 0. The summed E-state index contributed by atoms with van der Waals surface area (Å²) in [6.07, 6.45) is 3.24. The molecule has 0 saturated heterocycles. The Labute approximate surface area is 85.9 Å². The van der Waals surface area contributed by atoms with E-state index in [1.807, 2.05) is 6.07 Å². The fourth-order valence-electron chi connectivity index (χ4n) is 1.85. The summed E-state index contributed by atoms with van der Waals surface area (Å²) in [6, 6.07) is 3.86. The van der Waals surface area contributed by atoms with E-state index in [0.29, 0.717) is 0 Å². The van der Waals surface area contributed by atoms with Gasteiger partial charge in [-0.1, -0.05) is 0 Å². The molecule has 70 valence electrons. The van der Waals surface area contributed by atoms with Crippen LogP contribution in [0.3, 0.4) is 0 Å². The quantitative estimate of drug-likeness (QED) is 0.734. The molecule has 0 unspecified atom stereocenters. The second-order valence-electron chi connectivity index (χ2n) is 3.50. The highest BCUT2D eigenvalue weighted by Gasteiger charge is 2.18. The van der Waals surface area contributed by atoms with Crippen molar-refractivity contribution in [3.8, 4) is 5.75 Å². The van der Waals surface area contributed by atoms with Gasteiger partial charge in [0.05, 0.1) is 4.47 Å². The minimum Gasteiger partial charge on any atom is -0.507 e. The molecule has 1 aromatic carbocycles. The topological polar surface area (TPSA) is 46.2 Å². The van der Waals surface area contributed by atoms with Gasteiger partial charge in [0.25, 0.3) is 0 Å². The van der Waals surface area contributed by atoms with Crippen LogP contribution in [-0.2, 0) is 6.42 Å². The molecule has 0 aliphatic heterocycles. The van der Waals surface area contributed by atoms with Crippen LogP contribution in [0.25, 0.3) is 0 Å². The highest BCUT2D eigenvalue weighted by Crippen LogP contribution is 2.35. The zero-order chi connectivity index (χ0) is 9.42. The number of aromatic hydroxyl groups is 1. The van der Waals surface area contributed by atoms with Crippen molar-refractivity contribution in [2.75, 3.05) is 0 Å². The Kier molecular flexibility index (Phi) is 2.30. The third-order valence-electron chi connectivity index (χ3n) is 2.57. The van der Waals surface area contributed by atoms with Gasteiger partial charge >= 0.3 is 0 Å². The fourth-order valence-corrected chi connectivity index (χ4v) is 2.24. The number of nitrogens with two attached hydrogens (primary N) is 1. The summed E-state index contributed by atoms with van der Waals surface area (Å²) in [5, 5.41) is 9.49. The molecular weight excluding hydrogens is 230 g/mol. The molecule has 0 fully saturated rings. The molecule has 1 aliphatic rings. The Morgan fingerprint density at radius 3 is 3.00 bits per heavy atom. The van der Waals surface area contributed by atoms with Crippen molar-refractivity contribution in [2.24, 2.45) is 5.73 Å². The first-order chi connectivity index (χ1) is 6.18. The Morgan fingerprint density at radius 1 is 1.46 bits per heavy atom. The second kappa shape index (κ2) is 3.31. The van der Waals surface area contributed by atoms with Crippen LogP contribution in [0.15, 0.2) is 16.6 Å². The van der Waals surface area contributed by atoms with Crippen molar-refractivity contribution >= 4 is 15.9 Å². The molecule has 3 heteroatoms. The lowest BCUT2D eigenvalue weighted by atomic mass is 9.88. The Bertz CT molecular complexity index is 338. The zero-order valence-corrected chi connectivity index (χ0v) is 8.84. The van der Waals surface area contributed by atoms with E-state index >= 15 is 0 Å². The van der Waals surface area contributed by atoms with Crippen molar-refractivity contribution in [1.29, 1.82) is 0 Å². The van der Waals surface area contributed by atoms with Crippen LogP contribution in [0.4, 0.5) is 0 Å². The minimum absolute atomic E-state index is 0.0998. The van der Waals surface area contributed by atoms with Crippen molar-refractivity contribution in [3.05, 3.63) is 27.7 Å². The lowest BCUT2D eigenvalue weighted by Crippen LogP contribution is -2.17. The van der Waals surface area contributed by atoms with Gasteiger partial charge in [-0.15, -0.1) is 0 Å². The second-order valence-corrected chi connectivity index (χ2v) is 4.36. The number of halogens is 1. The lowest BCUT2D eigenvalue weighted by Gasteiger charge is -2.22. The molecule has 0 radical (unpaired) electrons. The molecule has 1 aliphatic carbocycles. The monoisotopic (exact) mass is 241 g/mol. The van der Waals surface area contributed by atoms with Gasteiger partial charge in [0.2, 0.25) is 0 Å². The molecule has 13 heavy (non-hydrogen) atoms. The number of fused-ring (bicyclic) bond motifs is 1. The standard InChI is InChI=1S/C10H12BrNO/c11-8-4-6-2-1-3-9(12)7(6)5-10(8)13/h4-5,9,13H,1-3,12H2/t9-/m0/s1. The van der Waals surface area contributed by atoms with E-state index in [9.17, 15) is 5.11 Å². The highest BCUT2D eigenvalue weighted by atomic mass is 79.9. The van der Waals surface area contributed by atoms with E-state index in [-0.39, 0.29) is 11.8 Å². The molecule has 0 bridgehead atoms. The molecule has 1 aromatic rings. The summed E-state index contributed by atoms with van der Waals surface area (Å²) in [5.41, 5.74) is 8.31. The molecule has 2 rings (SSSR count). The maximum atomic E-state index is 9.49. The number of phenolic OH excluding ortho intramolecular Hbond substituents is 1. The molecule has 3 N–H and O–H groups in total. The van der Waals surface area contributed by atoms with Gasteiger partial charge in [-0.3, -0.25) is 0 Å². The van der Waals surface area contributed by atoms with Gasteiger partial charge < -0.3 is 10.8 Å². The third-order valence-corrected chi connectivity index (χ3v) is 3.20. The highest BCUT2D eigenvalue weighted by molar-refractivity contribution is 9.10. The summed E-state index contributed by atoms with van der Waals surface area (Å²) in [7, 11) is 0. The fraction of sp³-hybridized carbons (Fsp3) is 0.400. The lowest BCUT2D eigenvalue weighted by molar-refractivity contribution is 0.467. The average molecular weight is 242 g/mol. The normalized spacial score (nSPS) is 21.2. The molecule has 0 spiro atoms. The van der Waals surface area contributed by atoms with Gasteiger partial charge in [0.15, 0.2) is 0 Å². The first-order valence-corrected chi connectivity index (χ1v) is 5.24. The van der Waals surface area contributed by atoms with Crippen molar-refractivity contribution in [3.63, 3.8) is 0 Å². The number of hydrogen-bond donors (Lipinski definition) is 2. The van der Waals surface area contributed by atoms with Gasteiger partial charge in [-0.25, -0.2) is 0 Å². The van der Waals surface area contributed by atoms with Crippen LogP contribution in [0.1, 0.15) is 30.0 Å². The number of phenols is 1. The number of hydrogen-bond acceptors (Lipinski definition) is 2. The van der Waals surface area contributed by atoms with Crippen molar-refractivity contribution in [1.82, 2.24) is 0 Å². The molecule has 2 nitrogen and oxygen atoms in total. The summed E-state index contributed by atoms with van der Waals surface area (Å²) in [6.45, 7) is 0. The molecular formula is C10H12BrNO.